The van der Waals surface area contributed by atoms with Crippen molar-refractivity contribution in [2.45, 2.75) is 19.0 Å². The van der Waals surface area contributed by atoms with Gasteiger partial charge in [-0.05, 0) is 55.5 Å². The van der Waals surface area contributed by atoms with Crippen LogP contribution in [0.1, 0.15) is 28.5 Å². The first-order valence-corrected chi connectivity index (χ1v) is 13.7. The minimum absolute atomic E-state index is 0.323. The van der Waals surface area contributed by atoms with Crippen molar-refractivity contribution in [1.29, 1.82) is 0 Å². The Morgan fingerprint density at radius 2 is 1.34 bits per heavy atom. The van der Waals surface area contributed by atoms with Gasteiger partial charge in [-0.15, -0.1) is 0 Å². The highest BCUT2D eigenvalue weighted by molar-refractivity contribution is 6.23. The molecule has 7 heteroatoms. The number of para-hydroxylation sites is 5. The van der Waals surface area contributed by atoms with Gasteiger partial charge in [-0.25, -0.2) is 15.0 Å². The molecule has 2 N–H and O–H groups in total. The highest BCUT2D eigenvalue weighted by atomic mass is 16.3. The van der Waals surface area contributed by atoms with E-state index in [9.17, 15) is 0 Å². The van der Waals surface area contributed by atoms with E-state index in [0.717, 1.165) is 62.8 Å². The van der Waals surface area contributed by atoms with Crippen molar-refractivity contribution in [1.82, 2.24) is 4.90 Å². The van der Waals surface area contributed by atoms with Gasteiger partial charge >= 0.3 is 0 Å². The minimum atomic E-state index is -0.394. The van der Waals surface area contributed by atoms with Gasteiger partial charge in [-0.1, -0.05) is 66.2 Å². The Bertz CT molecular complexity index is 1870. The third-order valence-electron chi connectivity index (χ3n) is 7.71. The number of nitrogens with one attached hydrogen (secondary N) is 2. The highest BCUT2D eigenvalue weighted by Crippen LogP contribution is 2.42. The Balaban J connectivity index is 1.46. The second-order valence-electron chi connectivity index (χ2n) is 10.4. The Labute approximate surface area is 237 Å². The zero-order chi connectivity index (χ0) is 27.3. The monoisotopic (exact) mass is 534 g/mol. The molecule has 41 heavy (non-hydrogen) atoms. The van der Waals surface area contributed by atoms with E-state index in [0.29, 0.717) is 0 Å². The Morgan fingerprint density at radius 1 is 0.659 bits per heavy atom. The molecule has 8 rings (SSSR count). The van der Waals surface area contributed by atoms with Gasteiger partial charge < -0.3 is 15.1 Å². The molecule has 0 saturated carbocycles. The van der Waals surface area contributed by atoms with Crippen LogP contribution in [0.3, 0.4) is 0 Å². The Kier molecular flexibility index (Phi) is 5.35. The molecule has 4 aromatic carbocycles. The molecule has 0 radical (unpaired) electrons. The van der Waals surface area contributed by atoms with Crippen LogP contribution in [-0.2, 0) is 0 Å². The van der Waals surface area contributed by atoms with E-state index in [1.54, 1.807) is 6.26 Å². The summed E-state index contributed by atoms with van der Waals surface area (Å²) in [6.07, 6.45) is 1.71. The number of anilines is 2. The van der Waals surface area contributed by atoms with Gasteiger partial charge in [0.25, 0.3) is 0 Å². The molecule has 0 fully saturated rings. The minimum Gasteiger partial charge on any atom is -0.467 e. The van der Waals surface area contributed by atoms with Gasteiger partial charge in [-0.2, -0.15) is 0 Å². The normalized spacial score (nSPS) is 18.7. The number of fused-ring (bicyclic) bond motifs is 7. The molecule has 198 valence electrons. The molecule has 0 saturated heterocycles. The van der Waals surface area contributed by atoms with E-state index in [1.807, 2.05) is 66.7 Å². The fraction of sp³-hybridized carbons (Fsp3) is 0.0882. The maximum absolute atomic E-state index is 6.09. The van der Waals surface area contributed by atoms with Gasteiger partial charge in [0, 0.05) is 11.1 Å². The molecule has 7 nitrogen and oxygen atoms in total. The number of hydrogen-bond donors (Lipinski definition) is 2. The molecule has 0 bridgehead atoms. The summed E-state index contributed by atoms with van der Waals surface area (Å²) in [4.78, 5) is 18.1. The summed E-state index contributed by atoms with van der Waals surface area (Å²) in [5, 5.41) is 7.47. The van der Waals surface area contributed by atoms with Crippen LogP contribution in [0, 0.1) is 6.92 Å². The van der Waals surface area contributed by atoms with Crippen LogP contribution in [0.15, 0.2) is 135 Å². The molecular formula is C34H26N6O. The molecule has 4 heterocycles. The number of aliphatic imine (C=N–C) groups is 3. The van der Waals surface area contributed by atoms with Crippen molar-refractivity contribution >= 4 is 45.9 Å². The second-order valence-corrected chi connectivity index (χ2v) is 10.4. The number of amidine groups is 3. The summed E-state index contributed by atoms with van der Waals surface area (Å²) in [7, 11) is 0. The molecule has 0 amide bonds. The fourth-order valence-corrected chi connectivity index (χ4v) is 5.73. The van der Waals surface area contributed by atoms with E-state index in [1.165, 1.54) is 5.56 Å². The molecule has 0 aliphatic carbocycles. The van der Waals surface area contributed by atoms with Crippen LogP contribution >= 0.6 is 0 Å². The number of furan rings is 1. The smallest absolute Gasteiger partial charge is 0.145 e. The van der Waals surface area contributed by atoms with Crippen molar-refractivity contribution in [3.63, 3.8) is 0 Å². The highest BCUT2D eigenvalue weighted by Gasteiger charge is 2.44. The largest absolute Gasteiger partial charge is 0.467 e. The average Bonchev–Trinajstić information content (AvgIpc) is 3.37. The van der Waals surface area contributed by atoms with E-state index in [4.69, 9.17) is 19.4 Å². The lowest BCUT2D eigenvalue weighted by molar-refractivity contribution is 0.408. The van der Waals surface area contributed by atoms with Crippen molar-refractivity contribution in [3.8, 4) is 0 Å². The van der Waals surface area contributed by atoms with E-state index >= 15 is 0 Å². The topological polar surface area (TPSA) is 77.5 Å². The van der Waals surface area contributed by atoms with E-state index < -0.39 is 6.04 Å². The zero-order valence-corrected chi connectivity index (χ0v) is 22.3. The SMILES string of the molecule is Cc1ccc(C2=Nc3ccccc3N=C3c4ccccc4N=C4Nc5ccccc5NC(c5ccco5)C4N23)cc1. The molecule has 5 aromatic rings. The van der Waals surface area contributed by atoms with Crippen LogP contribution in [0.2, 0.25) is 0 Å². The summed E-state index contributed by atoms with van der Waals surface area (Å²) < 4.78 is 6.09. The predicted molar refractivity (Wildman–Crippen MR) is 164 cm³/mol. The van der Waals surface area contributed by atoms with Gasteiger partial charge in [-0.3, -0.25) is 4.90 Å². The predicted octanol–water partition coefficient (Wildman–Crippen LogP) is 7.75. The lowest BCUT2D eigenvalue weighted by Gasteiger charge is -2.37. The number of hydrogen-bond acceptors (Lipinski definition) is 7. The molecular weight excluding hydrogens is 508 g/mol. The van der Waals surface area contributed by atoms with Gasteiger partial charge in [0.2, 0.25) is 0 Å². The van der Waals surface area contributed by atoms with Crippen LogP contribution in [-0.4, -0.2) is 28.4 Å². The van der Waals surface area contributed by atoms with Crippen molar-refractivity contribution in [2.24, 2.45) is 15.0 Å². The van der Waals surface area contributed by atoms with Crippen LogP contribution in [0.4, 0.5) is 28.4 Å². The zero-order valence-electron chi connectivity index (χ0n) is 22.3. The summed E-state index contributed by atoms with van der Waals surface area (Å²) >= 11 is 0. The van der Waals surface area contributed by atoms with Crippen molar-refractivity contribution in [2.75, 3.05) is 10.6 Å². The summed E-state index contributed by atoms with van der Waals surface area (Å²) in [6.45, 7) is 2.09. The van der Waals surface area contributed by atoms with Gasteiger partial charge in [0.1, 0.15) is 35.4 Å². The fourth-order valence-electron chi connectivity index (χ4n) is 5.73. The summed E-state index contributed by atoms with van der Waals surface area (Å²) in [5.41, 5.74) is 7.45. The molecule has 0 spiro atoms. The van der Waals surface area contributed by atoms with Crippen molar-refractivity contribution < 1.29 is 4.42 Å². The van der Waals surface area contributed by atoms with Crippen molar-refractivity contribution in [3.05, 3.63) is 138 Å². The first-order chi connectivity index (χ1) is 20.2. The lowest BCUT2D eigenvalue weighted by Crippen LogP contribution is -2.53. The number of rotatable bonds is 2. The number of aryl methyl sites for hydroxylation is 1. The average molecular weight is 535 g/mol. The molecule has 1 aromatic heterocycles. The summed E-state index contributed by atoms with van der Waals surface area (Å²) in [6, 6.07) is 36.1. The Morgan fingerprint density at radius 3 is 2.10 bits per heavy atom. The molecule has 3 aliphatic rings. The van der Waals surface area contributed by atoms with Gasteiger partial charge in [0.05, 0.1) is 34.7 Å². The third kappa shape index (κ3) is 3.93. The van der Waals surface area contributed by atoms with Crippen LogP contribution in [0.25, 0.3) is 0 Å². The number of benzene rings is 4. The maximum atomic E-state index is 6.09. The third-order valence-corrected chi connectivity index (χ3v) is 7.71. The quantitative estimate of drug-likeness (QED) is 0.243. The lowest BCUT2D eigenvalue weighted by atomic mass is 9.99. The van der Waals surface area contributed by atoms with Gasteiger partial charge in [0.15, 0.2) is 0 Å². The molecule has 2 unspecified atom stereocenters. The Hall–Kier alpha value is -5.43. The maximum Gasteiger partial charge on any atom is 0.145 e. The second kappa shape index (κ2) is 9.34. The first kappa shape index (κ1) is 23.5. The number of nitrogens with zero attached hydrogens (tertiary/aromatic N) is 4. The van der Waals surface area contributed by atoms with Crippen LogP contribution < -0.4 is 10.6 Å². The standard InChI is InChI=1S/C34H26N6O/c1-21-16-18-22(19-17-21)33-38-27-13-6-7-14-28(27)39-34-23-9-2-3-10-24(23)36-32-31(40(33)34)30(29-15-8-20-41-29)35-25-11-4-5-12-26(25)37-32/h2-20,30-31,35H,1H3,(H,36,37). The summed E-state index contributed by atoms with van der Waals surface area (Å²) in [5.74, 6) is 3.12. The van der Waals surface area contributed by atoms with E-state index in [-0.39, 0.29) is 6.04 Å². The van der Waals surface area contributed by atoms with E-state index in [2.05, 4.69) is 64.9 Å². The first-order valence-electron chi connectivity index (χ1n) is 13.7. The molecule has 3 aliphatic heterocycles. The molecule has 2 atom stereocenters. The van der Waals surface area contributed by atoms with Crippen LogP contribution in [0.5, 0.6) is 0 Å².